The lowest BCUT2D eigenvalue weighted by Gasteiger charge is -2.22. The van der Waals surface area contributed by atoms with Gasteiger partial charge in [0.15, 0.2) is 0 Å². The molecule has 0 bridgehead atoms. The fraction of sp³-hybridized carbons (Fsp3) is 0.647. The van der Waals surface area contributed by atoms with Gasteiger partial charge in [-0.2, -0.15) is 0 Å². The Labute approximate surface area is 112 Å². The van der Waals surface area contributed by atoms with Gasteiger partial charge in [-0.05, 0) is 55.2 Å². The number of hydrogen-bond acceptors (Lipinski definition) is 1. The molecule has 18 heavy (non-hydrogen) atoms. The van der Waals surface area contributed by atoms with E-state index in [1.54, 1.807) is 0 Å². The van der Waals surface area contributed by atoms with Crippen molar-refractivity contribution in [2.24, 2.45) is 0 Å². The van der Waals surface area contributed by atoms with Crippen molar-refractivity contribution in [3.63, 3.8) is 0 Å². The molecular weight excluding hydrogens is 218 g/mol. The molecule has 0 amide bonds. The van der Waals surface area contributed by atoms with E-state index in [0.717, 1.165) is 12.5 Å². The average molecular weight is 245 g/mol. The van der Waals surface area contributed by atoms with Crippen LogP contribution < -0.4 is 5.32 Å². The Morgan fingerprint density at radius 2 is 1.94 bits per heavy atom. The van der Waals surface area contributed by atoms with E-state index in [9.17, 15) is 0 Å². The summed E-state index contributed by atoms with van der Waals surface area (Å²) < 4.78 is 0. The predicted molar refractivity (Wildman–Crippen MR) is 79.2 cm³/mol. The monoisotopic (exact) mass is 245 g/mol. The quantitative estimate of drug-likeness (QED) is 0.846. The van der Waals surface area contributed by atoms with Crippen LogP contribution in [-0.2, 0) is 11.8 Å². The molecule has 0 aliphatic heterocycles. The van der Waals surface area contributed by atoms with Gasteiger partial charge in [0.1, 0.15) is 0 Å². The second-order valence-electron chi connectivity index (χ2n) is 6.94. The molecule has 1 aromatic rings. The topological polar surface area (TPSA) is 12.0 Å². The molecule has 100 valence electrons. The van der Waals surface area contributed by atoms with Crippen molar-refractivity contribution in [1.29, 1.82) is 0 Å². The smallest absolute Gasteiger partial charge is 0.00818 e. The van der Waals surface area contributed by atoms with E-state index >= 15 is 0 Å². The third kappa shape index (κ3) is 3.58. The molecule has 1 aliphatic rings. The van der Waals surface area contributed by atoms with Crippen LogP contribution >= 0.6 is 0 Å². The van der Waals surface area contributed by atoms with Gasteiger partial charge < -0.3 is 5.32 Å². The molecule has 1 saturated carbocycles. The Kier molecular flexibility index (Phi) is 3.82. The zero-order valence-corrected chi connectivity index (χ0v) is 12.5. The minimum atomic E-state index is 0.246. The largest absolute Gasteiger partial charge is 0.311 e. The molecule has 0 spiro atoms. The third-order valence-electron chi connectivity index (χ3n) is 3.84. The standard InChI is InChI=1S/C17H27N/c1-12-6-7-15(17(3,4)5)11-14(12)10-13(2)18-16-8-9-16/h6-7,11,13,16,18H,8-10H2,1-5H3. The molecule has 1 heteroatoms. The van der Waals surface area contributed by atoms with E-state index in [4.69, 9.17) is 0 Å². The Bertz CT molecular complexity index is 410. The van der Waals surface area contributed by atoms with Crippen molar-refractivity contribution in [2.45, 2.75) is 71.4 Å². The summed E-state index contributed by atoms with van der Waals surface area (Å²) in [5.74, 6) is 0. The SMILES string of the molecule is Cc1ccc(C(C)(C)C)cc1CC(C)NC1CC1. The minimum Gasteiger partial charge on any atom is -0.311 e. The van der Waals surface area contributed by atoms with E-state index < -0.39 is 0 Å². The van der Waals surface area contributed by atoms with Crippen LogP contribution in [0, 0.1) is 6.92 Å². The highest BCUT2D eigenvalue weighted by atomic mass is 15.0. The molecule has 1 aliphatic carbocycles. The lowest BCUT2D eigenvalue weighted by molar-refractivity contribution is 0.539. The van der Waals surface area contributed by atoms with Crippen LogP contribution in [0.4, 0.5) is 0 Å². The van der Waals surface area contributed by atoms with Gasteiger partial charge in [-0.3, -0.25) is 0 Å². The summed E-state index contributed by atoms with van der Waals surface area (Å²) in [4.78, 5) is 0. The second-order valence-corrected chi connectivity index (χ2v) is 6.94. The highest BCUT2D eigenvalue weighted by Gasteiger charge is 2.23. The van der Waals surface area contributed by atoms with Crippen molar-refractivity contribution < 1.29 is 0 Å². The minimum absolute atomic E-state index is 0.246. The van der Waals surface area contributed by atoms with E-state index in [1.165, 1.54) is 29.5 Å². The Balaban J connectivity index is 2.10. The summed E-state index contributed by atoms with van der Waals surface area (Å²) in [6.07, 6.45) is 3.88. The van der Waals surface area contributed by atoms with Gasteiger partial charge in [-0.15, -0.1) is 0 Å². The maximum absolute atomic E-state index is 3.69. The van der Waals surface area contributed by atoms with Crippen LogP contribution in [-0.4, -0.2) is 12.1 Å². The van der Waals surface area contributed by atoms with Gasteiger partial charge in [0, 0.05) is 12.1 Å². The Morgan fingerprint density at radius 3 is 2.50 bits per heavy atom. The first-order valence-corrected chi connectivity index (χ1v) is 7.22. The predicted octanol–water partition coefficient (Wildman–Crippen LogP) is 3.98. The van der Waals surface area contributed by atoms with Crippen molar-refractivity contribution in [3.8, 4) is 0 Å². The second kappa shape index (κ2) is 5.05. The van der Waals surface area contributed by atoms with E-state index in [-0.39, 0.29) is 5.41 Å². The van der Waals surface area contributed by atoms with Crippen LogP contribution in [0.25, 0.3) is 0 Å². The molecule has 1 unspecified atom stereocenters. The van der Waals surface area contributed by atoms with Gasteiger partial charge >= 0.3 is 0 Å². The van der Waals surface area contributed by atoms with Crippen molar-refractivity contribution >= 4 is 0 Å². The molecule has 0 radical (unpaired) electrons. The Morgan fingerprint density at radius 1 is 1.28 bits per heavy atom. The maximum Gasteiger partial charge on any atom is 0.00818 e. The number of benzene rings is 1. The molecule has 0 aromatic heterocycles. The highest BCUT2D eigenvalue weighted by Crippen LogP contribution is 2.25. The van der Waals surface area contributed by atoms with Gasteiger partial charge in [0.2, 0.25) is 0 Å². The molecule has 1 aromatic carbocycles. The molecular formula is C17H27N. The van der Waals surface area contributed by atoms with Gasteiger partial charge in [0.05, 0.1) is 0 Å². The number of hydrogen-bond donors (Lipinski definition) is 1. The fourth-order valence-corrected chi connectivity index (χ4v) is 2.40. The summed E-state index contributed by atoms with van der Waals surface area (Å²) in [7, 11) is 0. The summed E-state index contributed by atoms with van der Waals surface area (Å²) in [5.41, 5.74) is 4.62. The van der Waals surface area contributed by atoms with E-state index in [2.05, 4.69) is 58.1 Å². The maximum atomic E-state index is 3.69. The first-order chi connectivity index (χ1) is 8.36. The van der Waals surface area contributed by atoms with E-state index in [0.29, 0.717) is 6.04 Å². The van der Waals surface area contributed by atoms with Crippen LogP contribution in [0.5, 0.6) is 0 Å². The van der Waals surface area contributed by atoms with Crippen LogP contribution in [0.2, 0.25) is 0 Å². The average Bonchev–Trinajstić information content (AvgIpc) is 3.03. The summed E-state index contributed by atoms with van der Waals surface area (Å²) in [6.45, 7) is 11.4. The molecule has 2 rings (SSSR count). The van der Waals surface area contributed by atoms with Crippen molar-refractivity contribution in [3.05, 3.63) is 34.9 Å². The number of rotatable bonds is 4. The molecule has 1 N–H and O–H groups in total. The highest BCUT2D eigenvalue weighted by molar-refractivity contribution is 5.35. The lowest BCUT2D eigenvalue weighted by Crippen LogP contribution is -2.30. The molecule has 1 atom stereocenters. The van der Waals surface area contributed by atoms with Crippen molar-refractivity contribution in [1.82, 2.24) is 5.32 Å². The Hall–Kier alpha value is -0.820. The summed E-state index contributed by atoms with van der Waals surface area (Å²) >= 11 is 0. The van der Waals surface area contributed by atoms with Gasteiger partial charge in [-0.25, -0.2) is 0 Å². The first kappa shape index (κ1) is 13.6. The first-order valence-electron chi connectivity index (χ1n) is 7.22. The van der Waals surface area contributed by atoms with Crippen LogP contribution in [0.3, 0.4) is 0 Å². The molecule has 1 nitrogen and oxygen atoms in total. The third-order valence-corrected chi connectivity index (χ3v) is 3.84. The lowest BCUT2D eigenvalue weighted by atomic mass is 9.84. The number of nitrogens with one attached hydrogen (secondary N) is 1. The summed E-state index contributed by atoms with van der Waals surface area (Å²) in [5, 5.41) is 3.69. The number of aryl methyl sites for hydroxylation is 1. The molecule has 0 saturated heterocycles. The van der Waals surface area contributed by atoms with Crippen LogP contribution in [0.1, 0.15) is 57.2 Å². The zero-order valence-electron chi connectivity index (χ0n) is 12.5. The van der Waals surface area contributed by atoms with Crippen molar-refractivity contribution in [2.75, 3.05) is 0 Å². The fourth-order valence-electron chi connectivity index (χ4n) is 2.40. The zero-order chi connectivity index (χ0) is 13.3. The molecule has 1 fully saturated rings. The van der Waals surface area contributed by atoms with Gasteiger partial charge in [0.25, 0.3) is 0 Å². The van der Waals surface area contributed by atoms with Crippen LogP contribution in [0.15, 0.2) is 18.2 Å². The summed E-state index contributed by atoms with van der Waals surface area (Å²) in [6, 6.07) is 8.34. The normalized spacial score (nSPS) is 17.8. The van der Waals surface area contributed by atoms with Gasteiger partial charge in [-0.1, -0.05) is 39.0 Å². The molecule has 0 heterocycles. The van der Waals surface area contributed by atoms with E-state index in [1.807, 2.05) is 0 Å².